The maximum Gasteiger partial charge on any atom is 0.0459 e. The van der Waals surface area contributed by atoms with Crippen LogP contribution in [0.5, 0.6) is 0 Å². The van der Waals surface area contributed by atoms with Crippen molar-refractivity contribution in [3.8, 4) is 0 Å². The lowest BCUT2D eigenvalue weighted by atomic mass is 10.1. The van der Waals surface area contributed by atoms with Gasteiger partial charge in [0.05, 0.1) is 0 Å². The summed E-state index contributed by atoms with van der Waals surface area (Å²) in [4.78, 5) is 0. The van der Waals surface area contributed by atoms with Crippen molar-refractivity contribution in [3.05, 3.63) is 0 Å². The molecule has 0 aliphatic heterocycles. The fourth-order valence-electron chi connectivity index (χ4n) is 1.86. The van der Waals surface area contributed by atoms with Gasteiger partial charge in [-0.3, -0.25) is 0 Å². The number of hydrogen-bond acceptors (Lipinski definition) is 2. The zero-order chi connectivity index (χ0) is 8.27. The molecule has 1 fully saturated rings. The predicted molar refractivity (Wildman–Crippen MR) is 46.5 cm³/mol. The Hall–Kier alpha value is -0.0800. The molecule has 0 amide bonds. The Balaban J connectivity index is 2.19. The lowest BCUT2D eigenvalue weighted by Crippen LogP contribution is -2.32. The van der Waals surface area contributed by atoms with E-state index in [0.717, 1.165) is 6.42 Å². The number of rotatable bonds is 3. The molecule has 2 atom stereocenters. The first-order chi connectivity index (χ1) is 5.22. The summed E-state index contributed by atoms with van der Waals surface area (Å²) in [6.45, 7) is 4.72. The van der Waals surface area contributed by atoms with E-state index in [-0.39, 0.29) is 0 Å². The summed E-state index contributed by atoms with van der Waals surface area (Å²) in [5.41, 5.74) is 0. The van der Waals surface area contributed by atoms with Crippen LogP contribution in [0.2, 0.25) is 0 Å². The van der Waals surface area contributed by atoms with Crippen LogP contribution in [0.4, 0.5) is 0 Å². The van der Waals surface area contributed by atoms with Crippen molar-refractivity contribution >= 4 is 0 Å². The van der Waals surface area contributed by atoms with E-state index in [9.17, 15) is 0 Å². The van der Waals surface area contributed by atoms with Gasteiger partial charge in [0.2, 0.25) is 0 Å². The van der Waals surface area contributed by atoms with Gasteiger partial charge in [-0.2, -0.15) is 0 Å². The minimum absolute atomic E-state index is 0.371. The van der Waals surface area contributed by atoms with Crippen LogP contribution >= 0.6 is 0 Å². The van der Waals surface area contributed by atoms with Gasteiger partial charge >= 0.3 is 0 Å². The Labute approximate surface area is 69.0 Å². The lowest BCUT2D eigenvalue weighted by Gasteiger charge is -2.15. The van der Waals surface area contributed by atoms with Crippen molar-refractivity contribution < 1.29 is 5.11 Å². The average Bonchev–Trinajstić information content (AvgIpc) is 2.34. The molecular formula is C9H19NO. The smallest absolute Gasteiger partial charge is 0.0459 e. The van der Waals surface area contributed by atoms with Gasteiger partial charge in [0.25, 0.3) is 0 Å². The molecule has 1 aliphatic rings. The zero-order valence-electron chi connectivity index (χ0n) is 7.51. The summed E-state index contributed by atoms with van der Waals surface area (Å²) in [7, 11) is 0. The Morgan fingerprint density at radius 3 is 2.64 bits per heavy atom. The first-order valence-electron chi connectivity index (χ1n) is 4.59. The third-order valence-corrected chi connectivity index (χ3v) is 2.37. The van der Waals surface area contributed by atoms with Crippen molar-refractivity contribution in [2.24, 2.45) is 5.92 Å². The van der Waals surface area contributed by atoms with Crippen molar-refractivity contribution in [2.45, 2.75) is 45.2 Å². The summed E-state index contributed by atoms with van der Waals surface area (Å²) in [5.74, 6) is 0.561. The number of nitrogens with one attached hydrogen (secondary N) is 1. The number of hydrogen-bond donors (Lipinski definition) is 2. The van der Waals surface area contributed by atoms with Crippen molar-refractivity contribution in [1.82, 2.24) is 5.32 Å². The van der Waals surface area contributed by atoms with Gasteiger partial charge in [0.15, 0.2) is 0 Å². The average molecular weight is 157 g/mol. The first-order valence-corrected chi connectivity index (χ1v) is 4.59. The molecule has 2 nitrogen and oxygen atoms in total. The van der Waals surface area contributed by atoms with E-state index in [0.29, 0.717) is 24.6 Å². The third kappa shape index (κ3) is 2.80. The normalized spacial score (nSPS) is 31.6. The van der Waals surface area contributed by atoms with Crippen molar-refractivity contribution in [2.75, 3.05) is 6.61 Å². The molecule has 1 saturated carbocycles. The SMILES string of the molecule is CC(C)N[C@H]1CC[C@@H](CO)C1. The van der Waals surface area contributed by atoms with E-state index in [1.54, 1.807) is 0 Å². The van der Waals surface area contributed by atoms with Gasteiger partial charge in [-0.1, -0.05) is 13.8 Å². The Morgan fingerprint density at radius 2 is 2.18 bits per heavy atom. The molecule has 2 N–H and O–H groups in total. The largest absolute Gasteiger partial charge is 0.396 e. The quantitative estimate of drug-likeness (QED) is 0.644. The monoisotopic (exact) mass is 157 g/mol. The Morgan fingerprint density at radius 1 is 1.45 bits per heavy atom. The van der Waals surface area contributed by atoms with Crippen molar-refractivity contribution in [3.63, 3.8) is 0 Å². The van der Waals surface area contributed by atoms with Crippen molar-refractivity contribution in [1.29, 1.82) is 0 Å². The minimum Gasteiger partial charge on any atom is -0.396 e. The van der Waals surface area contributed by atoms with Crippen LogP contribution in [-0.2, 0) is 0 Å². The summed E-state index contributed by atoms with van der Waals surface area (Å²) in [5, 5.41) is 12.4. The second-order valence-electron chi connectivity index (χ2n) is 3.88. The molecule has 0 bridgehead atoms. The van der Waals surface area contributed by atoms with Gasteiger partial charge in [-0.25, -0.2) is 0 Å². The summed E-state index contributed by atoms with van der Waals surface area (Å²) >= 11 is 0. The fourth-order valence-corrected chi connectivity index (χ4v) is 1.86. The van der Waals surface area contributed by atoms with E-state index in [1.807, 2.05) is 0 Å². The van der Waals surface area contributed by atoms with Gasteiger partial charge in [0, 0.05) is 18.7 Å². The summed E-state index contributed by atoms with van der Waals surface area (Å²) in [6.07, 6.45) is 3.60. The second-order valence-corrected chi connectivity index (χ2v) is 3.88. The van der Waals surface area contributed by atoms with Crippen LogP contribution in [-0.4, -0.2) is 23.8 Å². The molecule has 66 valence electrons. The third-order valence-electron chi connectivity index (χ3n) is 2.37. The molecule has 1 aliphatic carbocycles. The molecule has 0 heterocycles. The molecular weight excluding hydrogens is 138 g/mol. The van der Waals surface area contributed by atoms with Crippen LogP contribution in [0.1, 0.15) is 33.1 Å². The van der Waals surface area contributed by atoms with E-state index < -0.39 is 0 Å². The molecule has 0 spiro atoms. The highest BCUT2D eigenvalue weighted by Crippen LogP contribution is 2.24. The first kappa shape index (κ1) is 9.01. The topological polar surface area (TPSA) is 32.3 Å². The molecule has 0 radical (unpaired) electrons. The second kappa shape index (κ2) is 4.07. The van der Waals surface area contributed by atoms with E-state index in [4.69, 9.17) is 5.11 Å². The molecule has 0 unspecified atom stereocenters. The van der Waals surface area contributed by atoms with E-state index >= 15 is 0 Å². The highest BCUT2D eigenvalue weighted by atomic mass is 16.3. The fraction of sp³-hybridized carbons (Fsp3) is 1.00. The van der Waals surface area contributed by atoms with Crippen LogP contribution in [0.3, 0.4) is 0 Å². The maximum absolute atomic E-state index is 8.89. The molecule has 11 heavy (non-hydrogen) atoms. The van der Waals surface area contributed by atoms with Gasteiger partial charge in [-0.15, -0.1) is 0 Å². The molecule has 2 heteroatoms. The number of aliphatic hydroxyl groups excluding tert-OH is 1. The van der Waals surface area contributed by atoms with Gasteiger partial charge in [0.1, 0.15) is 0 Å². The summed E-state index contributed by atoms with van der Waals surface area (Å²) in [6, 6.07) is 1.24. The highest BCUT2D eigenvalue weighted by molar-refractivity contribution is 4.80. The predicted octanol–water partition coefficient (Wildman–Crippen LogP) is 1.15. The number of aliphatic hydroxyl groups is 1. The van der Waals surface area contributed by atoms with Crippen LogP contribution in [0, 0.1) is 5.92 Å². The van der Waals surface area contributed by atoms with E-state index in [1.165, 1.54) is 12.8 Å². The zero-order valence-corrected chi connectivity index (χ0v) is 7.51. The standard InChI is InChI=1S/C9H19NO/c1-7(2)10-9-4-3-8(5-9)6-11/h7-11H,3-6H2,1-2H3/t8-,9+/m1/s1. The van der Waals surface area contributed by atoms with Crippen LogP contribution in [0.25, 0.3) is 0 Å². The Kier molecular flexibility index (Phi) is 3.34. The Bertz CT molecular complexity index is 114. The van der Waals surface area contributed by atoms with Gasteiger partial charge < -0.3 is 10.4 Å². The lowest BCUT2D eigenvalue weighted by molar-refractivity contribution is 0.227. The van der Waals surface area contributed by atoms with E-state index in [2.05, 4.69) is 19.2 Å². The highest BCUT2D eigenvalue weighted by Gasteiger charge is 2.23. The van der Waals surface area contributed by atoms with Gasteiger partial charge in [-0.05, 0) is 25.2 Å². The maximum atomic E-state index is 8.89. The minimum atomic E-state index is 0.371. The summed E-state index contributed by atoms with van der Waals surface area (Å²) < 4.78 is 0. The molecule has 0 aromatic carbocycles. The molecule has 0 aromatic heterocycles. The van der Waals surface area contributed by atoms with Crippen LogP contribution < -0.4 is 5.32 Å². The molecule has 1 rings (SSSR count). The van der Waals surface area contributed by atoms with Crippen LogP contribution in [0.15, 0.2) is 0 Å². The molecule has 0 aromatic rings. The molecule has 0 saturated heterocycles.